The van der Waals surface area contributed by atoms with Crippen molar-refractivity contribution in [2.24, 2.45) is 0 Å². The summed E-state index contributed by atoms with van der Waals surface area (Å²) in [6, 6.07) is 14.7. The molecule has 4 nitrogen and oxygen atoms in total. The minimum atomic E-state index is -1.27. The van der Waals surface area contributed by atoms with Crippen LogP contribution in [0.25, 0.3) is 0 Å². The maximum Gasteiger partial charge on any atom is 0.308 e. The van der Waals surface area contributed by atoms with Gasteiger partial charge in [-0.1, -0.05) is 41.9 Å². The van der Waals surface area contributed by atoms with Gasteiger partial charge in [-0.05, 0) is 23.8 Å². The fourth-order valence-corrected chi connectivity index (χ4v) is 3.77. The van der Waals surface area contributed by atoms with Gasteiger partial charge in [0.15, 0.2) is 0 Å². The highest BCUT2D eigenvalue weighted by molar-refractivity contribution is 6.30. The predicted molar refractivity (Wildman–Crippen MR) is 86.4 cm³/mol. The normalized spacial score (nSPS) is 25.8. The summed E-state index contributed by atoms with van der Waals surface area (Å²) < 4.78 is 5.65. The van der Waals surface area contributed by atoms with Gasteiger partial charge in [0.1, 0.15) is 0 Å². The van der Waals surface area contributed by atoms with E-state index in [2.05, 4.69) is 0 Å². The summed E-state index contributed by atoms with van der Waals surface area (Å²) in [5.74, 6) is -0.918. The van der Waals surface area contributed by atoms with E-state index in [1.54, 1.807) is 24.1 Å². The van der Waals surface area contributed by atoms with Crippen molar-refractivity contribution in [2.75, 3.05) is 11.9 Å². The van der Waals surface area contributed by atoms with Crippen LogP contribution in [0.3, 0.4) is 0 Å². The van der Waals surface area contributed by atoms with E-state index >= 15 is 0 Å². The average Bonchev–Trinajstić information content (AvgIpc) is 3.01. The Morgan fingerprint density at radius 2 is 1.83 bits per heavy atom. The van der Waals surface area contributed by atoms with Crippen molar-refractivity contribution in [3.63, 3.8) is 0 Å². The second kappa shape index (κ2) is 4.83. The third-order valence-electron chi connectivity index (χ3n) is 4.70. The number of ether oxygens (including phenoxy) is 1. The highest BCUT2D eigenvalue weighted by atomic mass is 35.5. The monoisotopic (exact) mass is 327 g/mol. The summed E-state index contributed by atoms with van der Waals surface area (Å²) >= 11 is 5.96. The Morgan fingerprint density at radius 3 is 2.57 bits per heavy atom. The molecule has 2 aromatic carbocycles. The molecule has 0 bridgehead atoms. The molecule has 4 rings (SSSR count). The predicted octanol–water partition coefficient (Wildman–Crippen LogP) is 3.24. The minimum absolute atomic E-state index is 0.176. The molecule has 0 saturated carbocycles. The number of nitrogens with zero attached hydrogens (tertiary/aromatic N) is 1. The zero-order valence-electron chi connectivity index (χ0n) is 12.5. The van der Waals surface area contributed by atoms with E-state index in [1.807, 2.05) is 36.4 Å². The summed E-state index contributed by atoms with van der Waals surface area (Å²) in [7, 11) is 1.71. The molecule has 0 radical (unpaired) electrons. The van der Waals surface area contributed by atoms with Crippen molar-refractivity contribution in [1.82, 2.24) is 0 Å². The molecule has 0 unspecified atom stereocenters. The van der Waals surface area contributed by atoms with Crippen LogP contribution in [0, 0.1) is 0 Å². The smallest absolute Gasteiger partial charge is 0.308 e. The van der Waals surface area contributed by atoms with E-state index in [0.717, 1.165) is 16.8 Å². The maximum absolute atomic E-state index is 13.0. The first-order valence-electron chi connectivity index (χ1n) is 7.39. The molecular formula is C18H14ClNO3. The van der Waals surface area contributed by atoms with Gasteiger partial charge in [0.25, 0.3) is 5.91 Å². The first-order valence-corrected chi connectivity index (χ1v) is 7.77. The zero-order chi connectivity index (χ0) is 16.2. The molecular weight excluding hydrogens is 314 g/mol. The Kier molecular flexibility index (Phi) is 3.00. The van der Waals surface area contributed by atoms with Crippen LogP contribution in [0.4, 0.5) is 5.69 Å². The molecule has 2 aromatic rings. The Morgan fingerprint density at radius 1 is 1.13 bits per heavy atom. The number of anilines is 1. The molecule has 1 saturated heterocycles. The van der Waals surface area contributed by atoms with Gasteiger partial charge in [-0.3, -0.25) is 9.59 Å². The van der Waals surface area contributed by atoms with Gasteiger partial charge in [-0.2, -0.15) is 0 Å². The summed E-state index contributed by atoms with van der Waals surface area (Å²) in [5.41, 5.74) is 1.14. The first kappa shape index (κ1) is 14.3. The van der Waals surface area contributed by atoms with Crippen molar-refractivity contribution in [1.29, 1.82) is 0 Å². The molecule has 0 aromatic heterocycles. The fourth-order valence-electron chi connectivity index (χ4n) is 3.64. The van der Waals surface area contributed by atoms with Gasteiger partial charge in [0.05, 0.1) is 12.1 Å². The number of rotatable bonds is 1. The summed E-state index contributed by atoms with van der Waals surface area (Å²) in [4.78, 5) is 26.7. The summed E-state index contributed by atoms with van der Waals surface area (Å²) in [6.07, 6.45) is 0.176. The molecule has 2 aliphatic rings. The Balaban J connectivity index is 1.93. The molecule has 1 fully saturated rings. The average molecular weight is 328 g/mol. The Labute approximate surface area is 138 Å². The van der Waals surface area contributed by atoms with Crippen LogP contribution in [-0.4, -0.2) is 18.9 Å². The van der Waals surface area contributed by atoms with Gasteiger partial charge >= 0.3 is 5.97 Å². The molecule has 2 heterocycles. The van der Waals surface area contributed by atoms with Gasteiger partial charge in [0, 0.05) is 23.6 Å². The van der Waals surface area contributed by atoms with Crippen LogP contribution < -0.4 is 4.90 Å². The second-order valence-electron chi connectivity index (χ2n) is 5.90. The van der Waals surface area contributed by atoms with Crippen molar-refractivity contribution in [3.05, 3.63) is 64.7 Å². The van der Waals surface area contributed by atoms with Gasteiger partial charge in [-0.15, -0.1) is 0 Å². The SMILES string of the molecule is CN1C(=O)[C@]2(OC(=O)C[C@@H]2c2ccc(Cl)cc2)c2ccccc21. The van der Waals surface area contributed by atoms with Crippen LogP contribution in [0.1, 0.15) is 23.5 Å². The highest BCUT2D eigenvalue weighted by Gasteiger charge is 2.62. The standard InChI is InChI=1S/C18H14ClNO3/c1-20-15-5-3-2-4-13(15)18(17(20)22)14(10-16(21)23-18)11-6-8-12(19)9-7-11/h2-9,14H,10H2,1H3/t14-,18+/m1/s1. The van der Waals surface area contributed by atoms with Crippen LogP contribution in [-0.2, 0) is 19.9 Å². The fraction of sp³-hybridized carbons (Fsp3) is 0.222. The lowest BCUT2D eigenvalue weighted by Gasteiger charge is -2.28. The number of amides is 1. The van der Waals surface area contributed by atoms with E-state index in [-0.39, 0.29) is 24.2 Å². The molecule has 1 amide bonds. The van der Waals surface area contributed by atoms with Crippen LogP contribution in [0.15, 0.2) is 48.5 Å². The van der Waals surface area contributed by atoms with E-state index in [0.29, 0.717) is 5.02 Å². The molecule has 23 heavy (non-hydrogen) atoms. The molecule has 2 atom stereocenters. The lowest BCUT2D eigenvalue weighted by molar-refractivity contribution is -0.157. The molecule has 2 aliphatic heterocycles. The number of fused-ring (bicyclic) bond motifs is 2. The van der Waals surface area contributed by atoms with Crippen molar-refractivity contribution in [3.8, 4) is 0 Å². The molecule has 0 aliphatic carbocycles. The van der Waals surface area contributed by atoms with E-state index < -0.39 is 5.60 Å². The van der Waals surface area contributed by atoms with Crippen molar-refractivity contribution >= 4 is 29.2 Å². The topological polar surface area (TPSA) is 46.6 Å². The maximum atomic E-state index is 13.0. The number of carbonyl (C=O) groups is 2. The third kappa shape index (κ3) is 1.85. The molecule has 116 valence electrons. The Bertz CT molecular complexity index is 817. The van der Waals surface area contributed by atoms with E-state index in [9.17, 15) is 9.59 Å². The number of halogens is 1. The number of esters is 1. The molecule has 5 heteroatoms. The van der Waals surface area contributed by atoms with E-state index in [4.69, 9.17) is 16.3 Å². The molecule has 0 N–H and O–H groups in total. The summed E-state index contributed by atoms with van der Waals surface area (Å²) in [6.45, 7) is 0. The highest BCUT2D eigenvalue weighted by Crippen LogP contribution is 2.55. The molecule has 1 spiro atoms. The van der Waals surface area contributed by atoms with Crippen molar-refractivity contribution < 1.29 is 14.3 Å². The van der Waals surface area contributed by atoms with Gasteiger partial charge < -0.3 is 9.64 Å². The number of benzene rings is 2. The quantitative estimate of drug-likeness (QED) is 0.755. The third-order valence-corrected chi connectivity index (χ3v) is 4.95. The zero-order valence-corrected chi connectivity index (χ0v) is 13.2. The van der Waals surface area contributed by atoms with Crippen LogP contribution in [0.5, 0.6) is 0 Å². The first-order chi connectivity index (χ1) is 11.0. The second-order valence-corrected chi connectivity index (χ2v) is 6.34. The number of para-hydroxylation sites is 1. The number of carbonyl (C=O) groups excluding carboxylic acids is 2. The van der Waals surface area contributed by atoms with Gasteiger partial charge in [-0.25, -0.2) is 0 Å². The number of hydrogen-bond acceptors (Lipinski definition) is 3. The van der Waals surface area contributed by atoms with Gasteiger partial charge in [0.2, 0.25) is 5.60 Å². The largest absolute Gasteiger partial charge is 0.443 e. The lowest BCUT2D eigenvalue weighted by Crippen LogP contribution is -2.42. The minimum Gasteiger partial charge on any atom is -0.443 e. The summed E-state index contributed by atoms with van der Waals surface area (Å²) in [5, 5.41) is 0.614. The van der Waals surface area contributed by atoms with Crippen molar-refractivity contribution in [2.45, 2.75) is 17.9 Å². The number of hydrogen-bond donors (Lipinski definition) is 0. The number of likely N-dealkylation sites (N-methyl/N-ethyl adjacent to an activating group) is 1. The van der Waals surface area contributed by atoms with Crippen LogP contribution >= 0.6 is 11.6 Å². The lowest BCUT2D eigenvalue weighted by atomic mass is 9.78. The van der Waals surface area contributed by atoms with Crippen LogP contribution in [0.2, 0.25) is 5.02 Å². The van der Waals surface area contributed by atoms with E-state index in [1.165, 1.54) is 0 Å². The Hall–Kier alpha value is -2.33.